The van der Waals surface area contributed by atoms with Crippen LogP contribution in [0.15, 0.2) is 24.3 Å². The SMILES string of the molecule is CC(C)(C)OC(=O)N1CCN(Nc2ccc(N)cc2)CC1. The van der Waals surface area contributed by atoms with Crippen molar-refractivity contribution in [3.8, 4) is 0 Å². The third-order valence-corrected chi connectivity index (χ3v) is 3.13. The Balaban J connectivity index is 1.80. The van der Waals surface area contributed by atoms with Gasteiger partial charge < -0.3 is 20.8 Å². The van der Waals surface area contributed by atoms with Gasteiger partial charge in [-0.2, -0.15) is 0 Å². The molecule has 0 bridgehead atoms. The molecule has 1 aliphatic rings. The summed E-state index contributed by atoms with van der Waals surface area (Å²) in [5.41, 5.74) is 10.3. The maximum Gasteiger partial charge on any atom is 0.410 e. The maximum absolute atomic E-state index is 12.0. The lowest BCUT2D eigenvalue weighted by Crippen LogP contribution is -2.51. The number of hydrazine groups is 1. The van der Waals surface area contributed by atoms with Crippen LogP contribution in [-0.4, -0.2) is 47.8 Å². The molecule has 0 atom stereocenters. The van der Waals surface area contributed by atoms with Gasteiger partial charge in [0.25, 0.3) is 0 Å². The minimum atomic E-state index is -0.448. The molecular formula is C15H24N4O2. The molecule has 0 saturated carbocycles. The van der Waals surface area contributed by atoms with Crippen molar-refractivity contribution in [1.29, 1.82) is 0 Å². The van der Waals surface area contributed by atoms with E-state index in [-0.39, 0.29) is 6.09 Å². The van der Waals surface area contributed by atoms with Crippen molar-refractivity contribution < 1.29 is 9.53 Å². The molecule has 116 valence electrons. The molecule has 1 heterocycles. The molecule has 6 nitrogen and oxygen atoms in total. The summed E-state index contributed by atoms with van der Waals surface area (Å²) in [5.74, 6) is 0. The van der Waals surface area contributed by atoms with Gasteiger partial charge in [0.05, 0.1) is 0 Å². The summed E-state index contributed by atoms with van der Waals surface area (Å²) >= 11 is 0. The van der Waals surface area contributed by atoms with E-state index in [4.69, 9.17) is 10.5 Å². The number of nitrogens with two attached hydrogens (primary N) is 1. The van der Waals surface area contributed by atoms with Crippen LogP contribution in [-0.2, 0) is 4.74 Å². The lowest BCUT2D eigenvalue weighted by molar-refractivity contribution is 0.0163. The number of carbonyl (C=O) groups is 1. The number of hydrogen-bond donors (Lipinski definition) is 2. The third kappa shape index (κ3) is 4.82. The topological polar surface area (TPSA) is 70.8 Å². The molecule has 0 spiro atoms. The van der Waals surface area contributed by atoms with Gasteiger partial charge in [0.1, 0.15) is 5.60 Å². The number of piperazine rings is 1. The fourth-order valence-corrected chi connectivity index (χ4v) is 2.07. The number of ether oxygens (including phenoxy) is 1. The van der Waals surface area contributed by atoms with E-state index in [1.807, 2.05) is 45.0 Å². The second-order valence-corrected chi connectivity index (χ2v) is 6.19. The van der Waals surface area contributed by atoms with E-state index in [0.717, 1.165) is 24.5 Å². The summed E-state index contributed by atoms with van der Waals surface area (Å²) in [7, 11) is 0. The molecule has 6 heteroatoms. The molecule has 1 amide bonds. The highest BCUT2D eigenvalue weighted by atomic mass is 16.6. The quantitative estimate of drug-likeness (QED) is 0.817. The second-order valence-electron chi connectivity index (χ2n) is 6.19. The third-order valence-electron chi connectivity index (χ3n) is 3.13. The summed E-state index contributed by atoms with van der Waals surface area (Å²) in [6, 6.07) is 7.60. The van der Waals surface area contributed by atoms with Crippen LogP contribution in [0.1, 0.15) is 20.8 Å². The Kier molecular flexibility index (Phi) is 4.57. The molecule has 1 saturated heterocycles. The summed E-state index contributed by atoms with van der Waals surface area (Å²) in [6.07, 6.45) is -0.241. The average molecular weight is 292 g/mol. The zero-order chi connectivity index (χ0) is 15.5. The monoisotopic (exact) mass is 292 g/mol. The van der Waals surface area contributed by atoms with E-state index < -0.39 is 5.60 Å². The largest absolute Gasteiger partial charge is 0.444 e. The number of hydrogen-bond acceptors (Lipinski definition) is 5. The number of carbonyl (C=O) groups excluding carboxylic acids is 1. The van der Waals surface area contributed by atoms with Gasteiger partial charge in [0, 0.05) is 37.6 Å². The zero-order valence-electron chi connectivity index (χ0n) is 12.9. The molecule has 0 radical (unpaired) electrons. The average Bonchev–Trinajstić information content (AvgIpc) is 2.40. The van der Waals surface area contributed by atoms with E-state index in [1.54, 1.807) is 4.90 Å². The molecule has 21 heavy (non-hydrogen) atoms. The van der Waals surface area contributed by atoms with Gasteiger partial charge in [-0.15, -0.1) is 0 Å². The highest BCUT2D eigenvalue weighted by molar-refractivity contribution is 5.68. The lowest BCUT2D eigenvalue weighted by atomic mass is 10.2. The molecule has 0 unspecified atom stereocenters. The van der Waals surface area contributed by atoms with Crippen LogP contribution in [0.4, 0.5) is 16.2 Å². The minimum absolute atomic E-state index is 0.241. The van der Waals surface area contributed by atoms with Crippen LogP contribution in [0, 0.1) is 0 Å². The van der Waals surface area contributed by atoms with Crippen LogP contribution in [0.25, 0.3) is 0 Å². The van der Waals surface area contributed by atoms with Gasteiger partial charge in [-0.1, -0.05) is 0 Å². The van der Waals surface area contributed by atoms with Gasteiger partial charge in [0.2, 0.25) is 0 Å². The number of nitrogen functional groups attached to an aromatic ring is 1. The first-order valence-electron chi connectivity index (χ1n) is 7.18. The molecule has 1 aliphatic heterocycles. The Morgan fingerprint density at radius 1 is 1.14 bits per heavy atom. The number of nitrogens with zero attached hydrogens (tertiary/aromatic N) is 2. The first-order chi connectivity index (χ1) is 9.83. The van der Waals surface area contributed by atoms with Gasteiger partial charge in [0.15, 0.2) is 0 Å². The lowest BCUT2D eigenvalue weighted by Gasteiger charge is -2.36. The minimum Gasteiger partial charge on any atom is -0.444 e. The Morgan fingerprint density at radius 3 is 2.24 bits per heavy atom. The first-order valence-corrected chi connectivity index (χ1v) is 7.18. The van der Waals surface area contributed by atoms with Crippen LogP contribution >= 0.6 is 0 Å². The number of amides is 1. The predicted molar refractivity (Wildman–Crippen MR) is 83.9 cm³/mol. The number of rotatable bonds is 2. The van der Waals surface area contributed by atoms with Crippen LogP contribution < -0.4 is 11.2 Å². The highest BCUT2D eigenvalue weighted by Gasteiger charge is 2.25. The van der Waals surface area contributed by atoms with Crippen molar-refractivity contribution in [2.24, 2.45) is 0 Å². The number of benzene rings is 1. The Hall–Kier alpha value is -1.95. The Labute approximate surface area is 125 Å². The fourth-order valence-electron chi connectivity index (χ4n) is 2.07. The van der Waals surface area contributed by atoms with E-state index in [2.05, 4.69) is 10.4 Å². The predicted octanol–water partition coefficient (Wildman–Crippen LogP) is 2.15. The molecule has 3 N–H and O–H groups in total. The fraction of sp³-hybridized carbons (Fsp3) is 0.533. The summed E-state index contributed by atoms with van der Waals surface area (Å²) in [4.78, 5) is 13.7. The van der Waals surface area contributed by atoms with Crippen LogP contribution in [0.5, 0.6) is 0 Å². The van der Waals surface area contributed by atoms with E-state index in [9.17, 15) is 4.79 Å². The van der Waals surface area contributed by atoms with Crippen molar-refractivity contribution in [3.05, 3.63) is 24.3 Å². The molecule has 1 fully saturated rings. The first kappa shape index (κ1) is 15.4. The number of anilines is 2. The van der Waals surface area contributed by atoms with Gasteiger partial charge >= 0.3 is 6.09 Å². The van der Waals surface area contributed by atoms with Crippen molar-refractivity contribution in [3.63, 3.8) is 0 Å². The standard InChI is InChI=1S/C15H24N4O2/c1-15(2,3)21-14(20)18-8-10-19(11-9-18)17-13-6-4-12(16)5-7-13/h4-7,17H,8-11,16H2,1-3H3. The normalized spacial score (nSPS) is 16.6. The summed E-state index contributed by atoms with van der Waals surface area (Å²) in [5, 5.41) is 2.09. The van der Waals surface area contributed by atoms with Gasteiger partial charge in [-0.25, -0.2) is 9.80 Å². The highest BCUT2D eigenvalue weighted by Crippen LogP contribution is 2.14. The van der Waals surface area contributed by atoms with Crippen LogP contribution in [0.3, 0.4) is 0 Å². The molecule has 0 aliphatic carbocycles. The van der Waals surface area contributed by atoms with Crippen molar-refractivity contribution in [2.45, 2.75) is 26.4 Å². The molecule has 1 aromatic rings. The molecule has 0 aromatic heterocycles. The Morgan fingerprint density at radius 2 is 1.71 bits per heavy atom. The maximum atomic E-state index is 12.0. The number of nitrogens with one attached hydrogen (secondary N) is 1. The second kappa shape index (κ2) is 6.22. The molecule has 1 aromatic carbocycles. The van der Waals surface area contributed by atoms with E-state index >= 15 is 0 Å². The van der Waals surface area contributed by atoms with Crippen molar-refractivity contribution >= 4 is 17.5 Å². The summed E-state index contributed by atoms with van der Waals surface area (Å²) in [6.45, 7) is 8.44. The smallest absolute Gasteiger partial charge is 0.410 e. The summed E-state index contributed by atoms with van der Waals surface area (Å²) < 4.78 is 5.38. The van der Waals surface area contributed by atoms with Crippen molar-refractivity contribution in [2.75, 3.05) is 37.3 Å². The van der Waals surface area contributed by atoms with Crippen molar-refractivity contribution in [1.82, 2.24) is 9.91 Å². The van der Waals surface area contributed by atoms with Gasteiger partial charge in [-0.3, -0.25) is 0 Å². The van der Waals surface area contributed by atoms with E-state index in [0.29, 0.717) is 13.1 Å². The van der Waals surface area contributed by atoms with Crippen LogP contribution in [0.2, 0.25) is 0 Å². The van der Waals surface area contributed by atoms with Gasteiger partial charge in [-0.05, 0) is 45.0 Å². The Bertz CT molecular complexity index is 473. The van der Waals surface area contributed by atoms with E-state index in [1.165, 1.54) is 0 Å². The zero-order valence-corrected chi connectivity index (χ0v) is 12.9. The molecule has 2 rings (SSSR count). The molecular weight excluding hydrogens is 268 g/mol.